The summed E-state index contributed by atoms with van der Waals surface area (Å²) in [5.74, 6) is -7.88. The molecule has 0 radical (unpaired) electrons. The number of Topliss-reactive ketones (excluding diaryl/α,β-unsaturated/α-hetero) is 2. The number of carbonyl (C=O) groups is 8. The number of amides is 2. The first kappa shape index (κ1) is 45.2. The Labute approximate surface area is 289 Å². The predicted molar refractivity (Wildman–Crippen MR) is 180 cm³/mol. The van der Waals surface area contributed by atoms with Crippen LogP contribution in [0, 0.1) is 5.92 Å². The third-order valence-electron chi connectivity index (χ3n) is 8.35. The zero-order valence-electron chi connectivity index (χ0n) is 29.1. The van der Waals surface area contributed by atoms with Crippen LogP contribution in [0.3, 0.4) is 0 Å². The molecule has 0 unspecified atom stereocenters. The number of nitrogens with one attached hydrogen (secondary N) is 2. The summed E-state index contributed by atoms with van der Waals surface area (Å²) in [4.78, 5) is 93.2. The molecule has 3 atom stereocenters. The van der Waals surface area contributed by atoms with E-state index in [9.17, 15) is 53.7 Å². The molecular weight excluding hydrogens is 640 g/mol. The molecule has 0 aliphatic heterocycles. The Morgan fingerprint density at radius 3 is 1.22 bits per heavy atom. The molecule has 0 aromatic heterocycles. The Morgan fingerprint density at radius 1 is 0.449 bits per heavy atom. The second-order valence-corrected chi connectivity index (χ2v) is 12.9. The van der Waals surface area contributed by atoms with Crippen LogP contribution in [0.5, 0.6) is 0 Å². The van der Waals surface area contributed by atoms with E-state index < -0.39 is 65.9 Å². The fraction of sp³-hybridized carbons (Fsp3) is 0.771. The van der Waals surface area contributed by atoms with Gasteiger partial charge in [-0.25, -0.2) is 9.59 Å². The third-order valence-corrected chi connectivity index (χ3v) is 8.35. The van der Waals surface area contributed by atoms with Gasteiger partial charge in [0.05, 0.1) is 5.92 Å². The van der Waals surface area contributed by atoms with Crippen molar-refractivity contribution in [3.8, 4) is 0 Å². The molecule has 0 rings (SSSR count). The monoisotopic (exact) mass is 698 g/mol. The fourth-order valence-electron chi connectivity index (χ4n) is 5.38. The molecule has 0 aliphatic rings. The standard InChI is InChI=1S/C35H58N2O12/c1-25(38)18-21-28(34(46)47)37-31(41)23-19-26(33(44)45)24-27(39)20-22-29(35(48)49)36-30(40)16-14-12-10-8-6-4-2-3-5-7-9-11-13-15-17-32(42)43/h26,28-29H,2-24H2,1H3,(H,36,40)(H,37,41)(H,42,43)(H,44,45)(H,46,47)(H,48,49)/t26-,28+,29+/m1/s1. The number of aliphatic carboxylic acids is 4. The van der Waals surface area contributed by atoms with Crippen LogP contribution in [0.1, 0.15) is 155 Å². The summed E-state index contributed by atoms with van der Waals surface area (Å²) in [5.41, 5.74) is 0. The highest BCUT2D eigenvalue weighted by Crippen LogP contribution is 2.16. The van der Waals surface area contributed by atoms with Gasteiger partial charge in [0.25, 0.3) is 0 Å². The average molecular weight is 699 g/mol. The SMILES string of the molecule is CC(=O)CC[C@H](NC(=O)CC[C@H](CC(=O)CC[C@H](NC(=O)CCCCCCCCCCCCCCCCC(=O)O)C(=O)O)C(=O)O)C(=O)O. The zero-order valence-corrected chi connectivity index (χ0v) is 29.1. The van der Waals surface area contributed by atoms with Crippen molar-refractivity contribution in [3.05, 3.63) is 0 Å². The molecule has 0 aromatic carbocycles. The van der Waals surface area contributed by atoms with Gasteiger partial charge in [-0.3, -0.25) is 24.0 Å². The van der Waals surface area contributed by atoms with Crippen LogP contribution in [0.15, 0.2) is 0 Å². The molecule has 2 amide bonds. The number of hydrogen-bond acceptors (Lipinski definition) is 8. The van der Waals surface area contributed by atoms with Gasteiger partial charge >= 0.3 is 23.9 Å². The molecule has 0 saturated heterocycles. The van der Waals surface area contributed by atoms with Crippen molar-refractivity contribution in [1.29, 1.82) is 0 Å². The zero-order chi connectivity index (χ0) is 37.0. The summed E-state index contributed by atoms with van der Waals surface area (Å²) in [5, 5.41) is 41.5. The lowest BCUT2D eigenvalue weighted by Crippen LogP contribution is -2.41. The lowest BCUT2D eigenvalue weighted by molar-refractivity contribution is -0.145. The van der Waals surface area contributed by atoms with E-state index in [0.717, 1.165) is 57.8 Å². The van der Waals surface area contributed by atoms with Crippen LogP contribution in [0.4, 0.5) is 0 Å². The summed E-state index contributed by atoms with van der Waals surface area (Å²) in [6, 6.07) is -2.60. The summed E-state index contributed by atoms with van der Waals surface area (Å²) >= 11 is 0. The Bertz CT molecular complexity index is 1060. The van der Waals surface area contributed by atoms with E-state index in [1.807, 2.05) is 0 Å². The molecule has 0 aromatic rings. The topological polar surface area (TPSA) is 242 Å². The number of carboxylic acids is 4. The summed E-state index contributed by atoms with van der Waals surface area (Å²) < 4.78 is 0. The molecule has 49 heavy (non-hydrogen) atoms. The van der Waals surface area contributed by atoms with Crippen molar-refractivity contribution in [2.75, 3.05) is 0 Å². The molecule has 280 valence electrons. The largest absolute Gasteiger partial charge is 0.481 e. The third kappa shape index (κ3) is 26.8. The molecule has 0 aliphatic carbocycles. The molecule has 0 spiro atoms. The minimum atomic E-state index is -1.33. The fourth-order valence-corrected chi connectivity index (χ4v) is 5.38. The first-order chi connectivity index (χ1) is 23.2. The van der Waals surface area contributed by atoms with E-state index in [4.69, 9.17) is 5.11 Å². The van der Waals surface area contributed by atoms with Crippen LogP contribution in [0.25, 0.3) is 0 Å². The maximum Gasteiger partial charge on any atom is 0.326 e. The smallest absolute Gasteiger partial charge is 0.326 e. The van der Waals surface area contributed by atoms with Crippen molar-refractivity contribution < 1.29 is 58.8 Å². The van der Waals surface area contributed by atoms with Gasteiger partial charge in [-0.15, -0.1) is 0 Å². The van der Waals surface area contributed by atoms with Gasteiger partial charge in [-0.1, -0.05) is 77.0 Å². The molecule has 0 heterocycles. The van der Waals surface area contributed by atoms with Gasteiger partial charge in [0.2, 0.25) is 11.8 Å². The second-order valence-electron chi connectivity index (χ2n) is 12.9. The molecule has 0 saturated carbocycles. The molecule has 14 nitrogen and oxygen atoms in total. The van der Waals surface area contributed by atoms with Gasteiger partial charge in [0.1, 0.15) is 23.7 Å². The Hall–Kier alpha value is -3.84. The maximum absolute atomic E-state index is 12.5. The van der Waals surface area contributed by atoms with Gasteiger partial charge in [-0.05, 0) is 39.0 Å². The second kappa shape index (κ2) is 28.0. The van der Waals surface area contributed by atoms with E-state index in [1.54, 1.807) is 0 Å². The summed E-state index contributed by atoms with van der Waals surface area (Å²) in [7, 11) is 0. The van der Waals surface area contributed by atoms with E-state index in [-0.39, 0.29) is 57.1 Å². The molecule has 14 heteroatoms. The lowest BCUT2D eigenvalue weighted by atomic mass is 9.94. The Morgan fingerprint density at radius 2 is 0.837 bits per heavy atom. The van der Waals surface area contributed by atoms with Crippen molar-refractivity contribution in [1.82, 2.24) is 10.6 Å². The first-order valence-electron chi connectivity index (χ1n) is 17.7. The number of hydrogen-bond donors (Lipinski definition) is 6. The highest BCUT2D eigenvalue weighted by molar-refractivity contribution is 5.87. The molecule has 0 bridgehead atoms. The number of rotatable bonds is 33. The van der Waals surface area contributed by atoms with E-state index in [1.165, 1.54) is 32.6 Å². The maximum atomic E-state index is 12.5. The number of ketones is 2. The first-order valence-corrected chi connectivity index (χ1v) is 17.7. The van der Waals surface area contributed by atoms with Crippen LogP contribution >= 0.6 is 0 Å². The summed E-state index contributed by atoms with van der Waals surface area (Å²) in [6.45, 7) is 1.29. The van der Waals surface area contributed by atoms with E-state index >= 15 is 0 Å². The number of carbonyl (C=O) groups excluding carboxylic acids is 4. The normalized spacial score (nSPS) is 12.8. The van der Waals surface area contributed by atoms with Gasteiger partial charge < -0.3 is 35.9 Å². The number of unbranched alkanes of at least 4 members (excludes halogenated alkanes) is 13. The van der Waals surface area contributed by atoms with Crippen molar-refractivity contribution >= 4 is 47.3 Å². The minimum absolute atomic E-state index is 0.0497. The van der Waals surface area contributed by atoms with Crippen LogP contribution in [-0.2, 0) is 38.4 Å². The minimum Gasteiger partial charge on any atom is -0.481 e. The number of carboxylic acid groups (broad SMARTS) is 4. The van der Waals surface area contributed by atoms with Gasteiger partial charge in [-0.2, -0.15) is 0 Å². The Kier molecular flexibility index (Phi) is 25.8. The predicted octanol–water partition coefficient (Wildman–Crippen LogP) is 5.04. The van der Waals surface area contributed by atoms with Crippen molar-refractivity contribution in [3.63, 3.8) is 0 Å². The molecule has 6 N–H and O–H groups in total. The molecular formula is C35H58N2O12. The van der Waals surface area contributed by atoms with Gasteiger partial charge in [0, 0.05) is 38.5 Å². The van der Waals surface area contributed by atoms with Crippen molar-refractivity contribution in [2.24, 2.45) is 5.92 Å². The van der Waals surface area contributed by atoms with Crippen molar-refractivity contribution in [2.45, 2.75) is 167 Å². The highest BCUT2D eigenvalue weighted by atomic mass is 16.4. The van der Waals surface area contributed by atoms with Gasteiger partial charge in [0.15, 0.2) is 0 Å². The average Bonchev–Trinajstić information content (AvgIpc) is 3.02. The lowest BCUT2D eigenvalue weighted by Gasteiger charge is -2.16. The van der Waals surface area contributed by atoms with Crippen LogP contribution < -0.4 is 10.6 Å². The Balaban J connectivity index is 4.21. The van der Waals surface area contributed by atoms with Crippen LogP contribution in [-0.4, -0.2) is 79.8 Å². The van der Waals surface area contributed by atoms with E-state index in [2.05, 4.69) is 10.6 Å². The molecule has 0 fully saturated rings. The van der Waals surface area contributed by atoms with E-state index in [0.29, 0.717) is 6.42 Å². The summed E-state index contributed by atoms with van der Waals surface area (Å²) in [6.07, 6.45) is 13.2. The van der Waals surface area contributed by atoms with Crippen LogP contribution in [0.2, 0.25) is 0 Å². The quantitative estimate of drug-likeness (QED) is 0.0494. The highest BCUT2D eigenvalue weighted by Gasteiger charge is 2.26.